The number of carboxylic acid groups (broad SMARTS) is 1. The Bertz CT molecular complexity index is 227. The Morgan fingerprint density at radius 2 is 2.00 bits per heavy atom. The predicted octanol–water partition coefficient (Wildman–Crippen LogP) is 4.09. The van der Waals surface area contributed by atoms with Crippen LogP contribution < -0.4 is 0 Å². The molecule has 0 bridgehead atoms. The van der Waals surface area contributed by atoms with Crippen molar-refractivity contribution in [3.63, 3.8) is 0 Å². The quantitative estimate of drug-likeness (QED) is 0.766. The second-order valence-electron chi connectivity index (χ2n) is 5.87. The van der Waals surface area contributed by atoms with E-state index in [9.17, 15) is 9.90 Å². The van der Waals surface area contributed by atoms with Crippen molar-refractivity contribution >= 4 is 5.97 Å². The average Bonchev–Trinajstić information content (AvgIpc) is 2.22. The predicted molar refractivity (Wildman–Crippen MR) is 66.4 cm³/mol. The first kappa shape index (κ1) is 13.5. The Morgan fingerprint density at radius 3 is 2.44 bits per heavy atom. The minimum absolute atomic E-state index is 0.402. The lowest BCUT2D eigenvalue weighted by Crippen LogP contribution is -2.36. The summed E-state index contributed by atoms with van der Waals surface area (Å²) >= 11 is 0. The SMILES string of the molecule is CCCC(C)CC1(C(=O)O)CCC(C)CC1. The summed E-state index contributed by atoms with van der Waals surface area (Å²) < 4.78 is 0. The highest BCUT2D eigenvalue weighted by Crippen LogP contribution is 2.44. The van der Waals surface area contributed by atoms with E-state index in [1.165, 1.54) is 0 Å². The third-order valence-electron chi connectivity index (χ3n) is 4.21. The van der Waals surface area contributed by atoms with Crippen molar-refractivity contribution in [2.75, 3.05) is 0 Å². The monoisotopic (exact) mass is 226 g/mol. The molecule has 2 heteroatoms. The van der Waals surface area contributed by atoms with E-state index < -0.39 is 11.4 Å². The summed E-state index contributed by atoms with van der Waals surface area (Å²) in [6.45, 7) is 6.61. The van der Waals surface area contributed by atoms with Crippen LogP contribution in [-0.4, -0.2) is 11.1 Å². The van der Waals surface area contributed by atoms with Crippen molar-refractivity contribution < 1.29 is 9.90 Å². The van der Waals surface area contributed by atoms with Crippen LogP contribution in [0.1, 0.15) is 65.7 Å². The van der Waals surface area contributed by atoms with Crippen LogP contribution >= 0.6 is 0 Å². The van der Waals surface area contributed by atoms with E-state index in [4.69, 9.17) is 0 Å². The van der Waals surface area contributed by atoms with Gasteiger partial charge in [0.15, 0.2) is 0 Å². The van der Waals surface area contributed by atoms with Crippen molar-refractivity contribution in [1.82, 2.24) is 0 Å². The molecule has 0 radical (unpaired) electrons. The zero-order valence-electron chi connectivity index (χ0n) is 11.0. The van der Waals surface area contributed by atoms with Crippen LogP contribution in [0.15, 0.2) is 0 Å². The summed E-state index contributed by atoms with van der Waals surface area (Å²) in [4.78, 5) is 11.5. The highest BCUT2D eigenvalue weighted by Gasteiger charge is 2.41. The van der Waals surface area contributed by atoms with Crippen LogP contribution in [0.3, 0.4) is 0 Å². The molecule has 94 valence electrons. The van der Waals surface area contributed by atoms with Gasteiger partial charge in [0.25, 0.3) is 0 Å². The van der Waals surface area contributed by atoms with Crippen LogP contribution in [0, 0.1) is 17.3 Å². The maximum Gasteiger partial charge on any atom is 0.309 e. The van der Waals surface area contributed by atoms with Gasteiger partial charge in [-0.25, -0.2) is 0 Å². The number of carbonyl (C=O) groups is 1. The second kappa shape index (κ2) is 5.70. The molecule has 0 amide bonds. The van der Waals surface area contributed by atoms with E-state index in [-0.39, 0.29) is 0 Å². The Labute approximate surface area is 99.4 Å². The fourth-order valence-electron chi connectivity index (χ4n) is 3.08. The van der Waals surface area contributed by atoms with Gasteiger partial charge in [0, 0.05) is 0 Å². The molecule has 0 aliphatic heterocycles. The molecule has 0 spiro atoms. The summed E-state index contributed by atoms with van der Waals surface area (Å²) in [7, 11) is 0. The topological polar surface area (TPSA) is 37.3 Å². The molecule has 0 aromatic carbocycles. The third kappa shape index (κ3) is 3.23. The summed E-state index contributed by atoms with van der Waals surface area (Å²) in [5.74, 6) is 0.714. The number of rotatable bonds is 5. The lowest BCUT2D eigenvalue weighted by Gasteiger charge is -2.37. The summed E-state index contributed by atoms with van der Waals surface area (Å²) in [6, 6.07) is 0. The molecular formula is C14H26O2. The maximum atomic E-state index is 11.5. The maximum absolute atomic E-state index is 11.5. The molecule has 1 N–H and O–H groups in total. The van der Waals surface area contributed by atoms with Crippen LogP contribution in [0.5, 0.6) is 0 Å². The fourth-order valence-corrected chi connectivity index (χ4v) is 3.08. The Kier molecular flexibility index (Phi) is 4.82. The molecule has 1 rings (SSSR count). The molecule has 1 aliphatic carbocycles. The minimum atomic E-state index is -0.553. The van der Waals surface area contributed by atoms with Gasteiger partial charge in [-0.3, -0.25) is 4.79 Å². The van der Waals surface area contributed by atoms with E-state index in [1.54, 1.807) is 0 Å². The first-order valence-corrected chi connectivity index (χ1v) is 6.73. The summed E-state index contributed by atoms with van der Waals surface area (Å²) in [6.07, 6.45) is 7.14. The first-order chi connectivity index (χ1) is 7.50. The molecule has 0 aromatic heterocycles. The van der Waals surface area contributed by atoms with E-state index in [2.05, 4.69) is 20.8 Å². The molecular weight excluding hydrogens is 200 g/mol. The van der Waals surface area contributed by atoms with Crippen LogP contribution in [0.25, 0.3) is 0 Å². The van der Waals surface area contributed by atoms with E-state index >= 15 is 0 Å². The molecule has 1 fully saturated rings. The average molecular weight is 226 g/mol. The highest BCUT2D eigenvalue weighted by molar-refractivity contribution is 5.74. The Hall–Kier alpha value is -0.530. The molecule has 16 heavy (non-hydrogen) atoms. The standard InChI is InChI=1S/C14H26O2/c1-4-5-12(3)10-14(13(15)16)8-6-11(2)7-9-14/h11-12H,4-10H2,1-3H3,(H,15,16). The van der Waals surface area contributed by atoms with Gasteiger partial charge < -0.3 is 5.11 Å². The van der Waals surface area contributed by atoms with Gasteiger partial charge in [-0.15, -0.1) is 0 Å². The number of carboxylic acids is 1. The van der Waals surface area contributed by atoms with Crippen molar-refractivity contribution in [2.24, 2.45) is 17.3 Å². The van der Waals surface area contributed by atoms with Crippen LogP contribution in [0.4, 0.5) is 0 Å². The third-order valence-corrected chi connectivity index (χ3v) is 4.21. The molecule has 2 nitrogen and oxygen atoms in total. The van der Waals surface area contributed by atoms with Crippen molar-refractivity contribution in [2.45, 2.75) is 65.7 Å². The van der Waals surface area contributed by atoms with Crippen LogP contribution in [-0.2, 0) is 4.79 Å². The van der Waals surface area contributed by atoms with E-state index in [0.29, 0.717) is 11.8 Å². The number of hydrogen-bond donors (Lipinski definition) is 1. The molecule has 0 saturated heterocycles. The second-order valence-corrected chi connectivity index (χ2v) is 5.87. The molecule has 0 aromatic rings. The molecule has 1 saturated carbocycles. The number of hydrogen-bond acceptors (Lipinski definition) is 1. The Morgan fingerprint density at radius 1 is 1.44 bits per heavy atom. The normalized spacial score (nSPS) is 32.3. The van der Waals surface area contributed by atoms with Gasteiger partial charge in [0.1, 0.15) is 0 Å². The smallest absolute Gasteiger partial charge is 0.309 e. The van der Waals surface area contributed by atoms with Gasteiger partial charge in [-0.2, -0.15) is 0 Å². The largest absolute Gasteiger partial charge is 0.481 e. The van der Waals surface area contributed by atoms with Gasteiger partial charge in [0.05, 0.1) is 5.41 Å². The number of aliphatic carboxylic acids is 1. The Balaban J connectivity index is 2.63. The molecule has 1 atom stereocenters. The van der Waals surface area contributed by atoms with Gasteiger partial charge in [0.2, 0.25) is 0 Å². The molecule has 0 heterocycles. The van der Waals surface area contributed by atoms with Crippen molar-refractivity contribution in [3.05, 3.63) is 0 Å². The molecule has 1 aliphatic rings. The lowest BCUT2D eigenvalue weighted by atomic mass is 9.66. The lowest BCUT2D eigenvalue weighted by molar-refractivity contribution is -0.153. The van der Waals surface area contributed by atoms with E-state index in [0.717, 1.165) is 44.9 Å². The van der Waals surface area contributed by atoms with Crippen molar-refractivity contribution in [1.29, 1.82) is 0 Å². The first-order valence-electron chi connectivity index (χ1n) is 6.73. The zero-order valence-corrected chi connectivity index (χ0v) is 11.0. The zero-order chi connectivity index (χ0) is 12.2. The molecule has 1 unspecified atom stereocenters. The van der Waals surface area contributed by atoms with Crippen LogP contribution in [0.2, 0.25) is 0 Å². The minimum Gasteiger partial charge on any atom is -0.481 e. The fraction of sp³-hybridized carbons (Fsp3) is 0.929. The summed E-state index contributed by atoms with van der Waals surface area (Å²) in [5.41, 5.74) is -0.402. The van der Waals surface area contributed by atoms with Gasteiger partial charge >= 0.3 is 5.97 Å². The van der Waals surface area contributed by atoms with Gasteiger partial charge in [-0.1, -0.05) is 33.6 Å². The highest BCUT2D eigenvalue weighted by atomic mass is 16.4. The van der Waals surface area contributed by atoms with Gasteiger partial charge in [-0.05, 0) is 43.9 Å². The van der Waals surface area contributed by atoms with E-state index in [1.807, 2.05) is 0 Å². The van der Waals surface area contributed by atoms with Crippen molar-refractivity contribution in [3.8, 4) is 0 Å². The summed E-state index contributed by atoms with van der Waals surface area (Å²) in [5, 5.41) is 9.49.